The van der Waals surface area contributed by atoms with Crippen molar-refractivity contribution >= 4 is 27.7 Å². The minimum atomic E-state index is -3.10. The Morgan fingerprint density at radius 1 is 1.33 bits per heavy atom. The number of rotatable bonds is 8. The number of pyridine rings is 1. The third kappa shape index (κ3) is 4.53. The van der Waals surface area contributed by atoms with Gasteiger partial charge in [0.1, 0.15) is 16.9 Å². The summed E-state index contributed by atoms with van der Waals surface area (Å²) in [5.74, 6) is -4.22. The van der Waals surface area contributed by atoms with Crippen molar-refractivity contribution in [1.82, 2.24) is 10.3 Å². The number of alkyl halides is 2. The second-order valence-electron chi connectivity index (χ2n) is 8.43. The maximum Gasteiger partial charge on any atom is 0.282 e. The molecule has 3 fully saturated rings. The Balaban J connectivity index is 1.52. The Hall–Kier alpha value is -2.34. The van der Waals surface area contributed by atoms with Crippen molar-refractivity contribution < 1.29 is 31.9 Å². The van der Waals surface area contributed by atoms with Crippen LogP contribution in [0.15, 0.2) is 12.1 Å². The first kappa shape index (κ1) is 20.9. The van der Waals surface area contributed by atoms with E-state index >= 15 is 0 Å². The standard InChI is InChI=1S/C18H22F2N4O5S/c19-18(20)7-24(8-18)13-4-3-12(22-16(13)29-6-11-1-2-11)15(26)23-17(5-14(21)25)9-30(27,28)10-17/h3-4,11H,1-2,5-10H2,(H3-,21,23,25,26,27,28)/p+1. The van der Waals surface area contributed by atoms with Gasteiger partial charge in [-0.2, -0.15) is 4.55 Å². The van der Waals surface area contributed by atoms with Gasteiger partial charge in [-0.05, 0) is 30.9 Å². The van der Waals surface area contributed by atoms with Crippen molar-refractivity contribution in [1.29, 1.82) is 0 Å². The highest BCUT2D eigenvalue weighted by molar-refractivity contribution is 7.99. The summed E-state index contributed by atoms with van der Waals surface area (Å²) in [4.78, 5) is 29.7. The number of carbonyl (C=O) groups excluding carboxylic acids is 2. The molecule has 2 aliphatic heterocycles. The zero-order valence-electron chi connectivity index (χ0n) is 16.1. The van der Waals surface area contributed by atoms with Crippen LogP contribution in [0.5, 0.6) is 5.88 Å². The van der Waals surface area contributed by atoms with Gasteiger partial charge >= 0.3 is 0 Å². The van der Waals surface area contributed by atoms with E-state index in [1.165, 1.54) is 17.0 Å². The van der Waals surface area contributed by atoms with Crippen molar-refractivity contribution in [2.45, 2.75) is 30.7 Å². The summed E-state index contributed by atoms with van der Waals surface area (Å²) in [6, 6.07) is 2.87. The van der Waals surface area contributed by atoms with Gasteiger partial charge in [-0.3, -0.25) is 9.59 Å². The van der Waals surface area contributed by atoms with E-state index in [2.05, 4.69) is 10.3 Å². The van der Waals surface area contributed by atoms with E-state index in [1.807, 2.05) is 0 Å². The van der Waals surface area contributed by atoms with Crippen LogP contribution in [-0.2, 0) is 19.2 Å². The number of carbonyl (C=O) groups is 2. The Morgan fingerprint density at radius 2 is 2.00 bits per heavy atom. The zero-order chi connectivity index (χ0) is 21.7. The predicted octanol–water partition coefficient (Wildman–Crippen LogP) is 0.656. The summed E-state index contributed by atoms with van der Waals surface area (Å²) in [5.41, 5.74) is 4.35. The molecule has 3 aliphatic rings. The number of nitrogens with two attached hydrogens (primary N) is 1. The van der Waals surface area contributed by atoms with Crippen molar-refractivity contribution in [2.75, 3.05) is 36.1 Å². The highest BCUT2D eigenvalue weighted by Crippen LogP contribution is 2.38. The Kier molecular flexibility index (Phi) is 4.96. The van der Waals surface area contributed by atoms with Gasteiger partial charge in [0.15, 0.2) is 11.5 Å². The first-order valence-corrected chi connectivity index (χ1v) is 11.4. The monoisotopic (exact) mass is 445 g/mol. The van der Waals surface area contributed by atoms with Gasteiger partial charge in [-0.15, -0.1) is 0 Å². The van der Waals surface area contributed by atoms with Gasteiger partial charge in [-0.1, -0.05) is 4.21 Å². The molecule has 3 heterocycles. The fraction of sp³-hybridized carbons (Fsp3) is 0.611. The molecule has 1 saturated carbocycles. The van der Waals surface area contributed by atoms with Crippen molar-refractivity contribution in [3.63, 3.8) is 0 Å². The number of hydrogen-bond donors (Lipinski definition) is 3. The molecule has 164 valence electrons. The molecule has 0 bridgehead atoms. The highest BCUT2D eigenvalue weighted by Gasteiger charge is 2.60. The molecule has 0 spiro atoms. The summed E-state index contributed by atoms with van der Waals surface area (Å²) in [7, 11) is -3.10. The van der Waals surface area contributed by atoms with Crippen LogP contribution in [0.2, 0.25) is 0 Å². The lowest BCUT2D eigenvalue weighted by Crippen LogP contribution is -2.68. The number of amides is 2. The smallest absolute Gasteiger partial charge is 0.282 e. The van der Waals surface area contributed by atoms with E-state index in [1.54, 1.807) is 0 Å². The van der Waals surface area contributed by atoms with E-state index < -0.39 is 46.6 Å². The molecule has 1 aliphatic carbocycles. The van der Waals surface area contributed by atoms with Gasteiger partial charge in [-0.25, -0.2) is 13.8 Å². The second kappa shape index (κ2) is 7.12. The molecule has 0 atom stereocenters. The maximum absolute atomic E-state index is 13.3. The second-order valence-corrected chi connectivity index (χ2v) is 10.5. The largest absolute Gasteiger partial charge is 0.476 e. The molecule has 1 aromatic heterocycles. The molecule has 2 amide bonds. The molecule has 9 nitrogen and oxygen atoms in total. The summed E-state index contributed by atoms with van der Waals surface area (Å²) < 4.78 is 53.6. The number of aromatic nitrogens is 1. The van der Waals surface area contributed by atoms with Crippen LogP contribution in [-0.4, -0.2) is 64.0 Å². The molecule has 0 aromatic carbocycles. The lowest BCUT2D eigenvalue weighted by Gasteiger charge is -2.40. The molecular formula is C18H23F2N4O5S+. The van der Waals surface area contributed by atoms with Crippen molar-refractivity contribution in [3.8, 4) is 5.88 Å². The van der Waals surface area contributed by atoms with Crippen LogP contribution in [0, 0.1) is 5.92 Å². The highest BCUT2D eigenvalue weighted by atomic mass is 32.3. The molecule has 12 heteroatoms. The van der Waals surface area contributed by atoms with Gasteiger partial charge in [0, 0.05) is 0 Å². The number of nitrogens with one attached hydrogen (secondary N) is 1. The first-order valence-electron chi connectivity index (χ1n) is 9.55. The van der Waals surface area contributed by atoms with Crippen LogP contribution in [0.25, 0.3) is 0 Å². The molecule has 0 radical (unpaired) electrons. The molecule has 1 aromatic rings. The summed E-state index contributed by atoms with van der Waals surface area (Å²) in [6.07, 6.45) is 1.77. The van der Waals surface area contributed by atoms with Gasteiger partial charge in [0.05, 0.1) is 26.1 Å². The van der Waals surface area contributed by atoms with Crippen molar-refractivity contribution in [3.05, 3.63) is 17.8 Å². The van der Waals surface area contributed by atoms with Crippen LogP contribution in [0.4, 0.5) is 14.5 Å². The van der Waals surface area contributed by atoms with Gasteiger partial charge in [0.25, 0.3) is 11.8 Å². The minimum Gasteiger partial charge on any atom is -0.476 e. The number of anilines is 1. The summed E-state index contributed by atoms with van der Waals surface area (Å²) in [5, 5.41) is 2.60. The Bertz CT molecular complexity index is 916. The first-order chi connectivity index (χ1) is 14.0. The fourth-order valence-electron chi connectivity index (χ4n) is 3.75. The zero-order valence-corrected chi connectivity index (χ0v) is 16.9. The third-order valence-corrected chi connectivity index (χ3v) is 7.31. The van der Waals surface area contributed by atoms with Gasteiger partial charge < -0.3 is 20.7 Å². The molecule has 30 heavy (non-hydrogen) atoms. The van der Waals surface area contributed by atoms with Crippen LogP contribution in [0.1, 0.15) is 29.8 Å². The summed E-state index contributed by atoms with van der Waals surface area (Å²) in [6.45, 7) is -0.521. The maximum atomic E-state index is 13.3. The fourth-order valence-corrected chi connectivity index (χ4v) is 5.74. The number of halogens is 2. The van der Waals surface area contributed by atoms with Crippen LogP contribution in [0.3, 0.4) is 0 Å². The molecule has 4 N–H and O–H groups in total. The van der Waals surface area contributed by atoms with Crippen LogP contribution >= 0.6 is 0 Å². The van der Waals surface area contributed by atoms with E-state index in [0.717, 1.165) is 12.8 Å². The third-order valence-electron chi connectivity index (χ3n) is 5.31. The lowest BCUT2D eigenvalue weighted by atomic mass is 9.98. The lowest BCUT2D eigenvalue weighted by molar-refractivity contribution is -0.119. The van der Waals surface area contributed by atoms with Crippen molar-refractivity contribution in [2.24, 2.45) is 11.7 Å². The Morgan fingerprint density at radius 3 is 2.53 bits per heavy atom. The molecule has 2 saturated heterocycles. The molecular weight excluding hydrogens is 422 g/mol. The SMILES string of the molecule is NC(=O)CC1(NC(=O)c2ccc(N3CC(F)(F)C3)c(OCC3CC3)n2)C[S+](=O)(O)C1. The summed E-state index contributed by atoms with van der Waals surface area (Å²) >= 11 is 0. The quantitative estimate of drug-likeness (QED) is 0.500. The average Bonchev–Trinajstić information content (AvgIpc) is 3.39. The van der Waals surface area contributed by atoms with E-state index in [4.69, 9.17) is 10.5 Å². The normalized spacial score (nSPS) is 29.5. The Labute approximate surface area is 172 Å². The number of hydrogen-bond acceptors (Lipinski definition) is 6. The average molecular weight is 445 g/mol. The minimum absolute atomic E-state index is 0.0444. The van der Waals surface area contributed by atoms with E-state index in [9.17, 15) is 27.1 Å². The molecule has 0 unspecified atom stereocenters. The number of ether oxygens (including phenoxy) is 1. The predicted molar refractivity (Wildman–Crippen MR) is 104 cm³/mol. The number of nitrogens with zero attached hydrogens (tertiary/aromatic N) is 2. The number of primary amides is 1. The molecule has 4 rings (SSSR count). The van der Waals surface area contributed by atoms with Crippen LogP contribution < -0.4 is 20.7 Å². The topological polar surface area (TPSA) is 135 Å². The van der Waals surface area contributed by atoms with Gasteiger partial charge in [0.2, 0.25) is 22.0 Å². The van der Waals surface area contributed by atoms with E-state index in [-0.39, 0.29) is 29.5 Å². The van der Waals surface area contributed by atoms with E-state index in [0.29, 0.717) is 18.2 Å².